The Labute approximate surface area is 167 Å². The van der Waals surface area contributed by atoms with Crippen LogP contribution in [0, 0.1) is 17.1 Å². The molecule has 8 heteroatoms. The number of carboxylic acid groups (broad SMARTS) is 1. The summed E-state index contributed by atoms with van der Waals surface area (Å²) in [5.74, 6) is -2.92. The van der Waals surface area contributed by atoms with Crippen LogP contribution in [0.3, 0.4) is 0 Å². The Morgan fingerprint density at radius 3 is 2.24 bits per heavy atom. The van der Waals surface area contributed by atoms with Crippen molar-refractivity contribution in [2.45, 2.75) is 31.8 Å². The van der Waals surface area contributed by atoms with Gasteiger partial charge in [0.05, 0.1) is 11.6 Å². The number of benzene rings is 2. The molecule has 2 aromatic rings. The topological polar surface area (TPSA) is 119 Å². The lowest BCUT2D eigenvalue weighted by Gasteiger charge is -2.21. The Hall–Kier alpha value is -3.73. The molecule has 0 aliphatic rings. The number of carbonyl (C=O) groups excluding carboxylic acids is 2. The quantitative estimate of drug-likeness (QED) is 0.624. The number of carbonyl (C=O) groups is 3. The Kier molecular flexibility index (Phi) is 7.43. The van der Waals surface area contributed by atoms with Crippen LogP contribution in [0.1, 0.15) is 23.6 Å². The highest BCUT2D eigenvalue weighted by Gasteiger charge is 2.26. The fourth-order valence-electron chi connectivity index (χ4n) is 2.83. The second kappa shape index (κ2) is 9.99. The average molecular weight is 397 g/mol. The molecule has 0 saturated carbocycles. The van der Waals surface area contributed by atoms with E-state index in [0.29, 0.717) is 16.7 Å². The smallest absolute Gasteiger partial charge is 0.326 e. The molecular weight excluding hydrogens is 377 g/mol. The van der Waals surface area contributed by atoms with Crippen LogP contribution in [0.5, 0.6) is 0 Å². The zero-order valence-corrected chi connectivity index (χ0v) is 15.7. The van der Waals surface area contributed by atoms with Crippen molar-refractivity contribution in [1.29, 1.82) is 5.26 Å². The third kappa shape index (κ3) is 6.74. The number of rotatable bonds is 8. The molecule has 2 aromatic carbocycles. The molecule has 29 heavy (non-hydrogen) atoms. The summed E-state index contributed by atoms with van der Waals surface area (Å²) in [7, 11) is 0. The first kappa shape index (κ1) is 21.6. The van der Waals surface area contributed by atoms with E-state index in [-0.39, 0.29) is 12.8 Å². The molecule has 0 bridgehead atoms. The molecule has 0 unspecified atom stereocenters. The van der Waals surface area contributed by atoms with Gasteiger partial charge in [-0.2, -0.15) is 5.26 Å². The van der Waals surface area contributed by atoms with Gasteiger partial charge in [0.2, 0.25) is 11.8 Å². The normalized spacial score (nSPS) is 12.3. The second-order valence-corrected chi connectivity index (χ2v) is 6.50. The average Bonchev–Trinajstić information content (AvgIpc) is 2.66. The summed E-state index contributed by atoms with van der Waals surface area (Å²) in [5, 5.41) is 23.3. The summed E-state index contributed by atoms with van der Waals surface area (Å²) in [6.45, 7) is 1.23. The van der Waals surface area contributed by atoms with E-state index in [2.05, 4.69) is 10.6 Å². The van der Waals surface area contributed by atoms with Crippen LogP contribution in [-0.4, -0.2) is 35.0 Å². The summed E-state index contributed by atoms with van der Waals surface area (Å²) in [5.41, 5.74) is 1.42. The molecule has 0 fully saturated rings. The lowest BCUT2D eigenvalue weighted by molar-refractivity contribution is -0.142. The van der Waals surface area contributed by atoms with E-state index in [9.17, 15) is 23.9 Å². The number of nitriles is 1. The predicted octanol–water partition coefficient (Wildman–Crippen LogP) is 1.56. The fraction of sp³-hybridized carbons (Fsp3) is 0.238. The Balaban J connectivity index is 2.16. The monoisotopic (exact) mass is 397 g/mol. The van der Waals surface area contributed by atoms with E-state index in [1.165, 1.54) is 25.1 Å². The minimum Gasteiger partial charge on any atom is -0.480 e. The number of carboxylic acids is 1. The SMILES string of the molecule is CC(=O)N[C@@H](Cc1cccc(F)c1)C(=O)N[C@@H](Cc1cccc(C#N)c1)C(=O)O. The zero-order chi connectivity index (χ0) is 21.4. The van der Waals surface area contributed by atoms with Gasteiger partial charge in [0.15, 0.2) is 0 Å². The standard InChI is InChI=1S/C21H20FN3O4/c1-13(26)24-18(10-15-5-3-7-17(22)9-15)20(27)25-19(21(28)29)11-14-4-2-6-16(8-14)12-23/h2-9,18-19H,10-11H2,1H3,(H,24,26)(H,25,27)(H,28,29)/t18-,19-/m0/s1. The molecule has 0 heterocycles. The van der Waals surface area contributed by atoms with E-state index in [4.69, 9.17) is 5.26 Å². The molecule has 0 saturated heterocycles. The zero-order valence-electron chi connectivity index (χ0n) is 15.7. The van der Waals surface area contributed by atoms with Gasteiger partial charge < -0.3 is 15.7 Å². The van der Waals surface area contributed by atoms with Gasteiger partial charge in [0.25, 0.3) is 0 Å². The first-order chi connectivity index (χ1) is 13.8. The maximum Gasteiger partial charge on any atom is 0.326 e. The minimum absolute atomic E-state index is 0.000566. The van der Waals surface area contributed by atoms with E-state index >= 15 is 0 Å². The fourth-order valence-corrected chi connectivity index (χ4v) is 2.83. The van der Waals surface area contributed by atoms with Gasteiger partial charge in [-0.05, 0) is 35.4 Å². The van der Waals surface area contributed by atoms with Crippen molar-refractivity contribution in [2.75, 3.05) is 0 Å². The molecule has 7 nitrogen and oxygen atoms in total. The first-order valence-electron chi connectivity index (χ1n) is 8.82. The highest BCUT2D eigenvalue weighted by molar-refractivity contribution is 5.90. The van der Waals surface area contributed by atoms with Crippen molar-refractivity contribution in [3.63, 3.8) is 0 Å². The Morgan fingerprint density at radius 1 is 1.03 bits per heavy atom. The highest BCUT2D eigenvalue weighted by Crippen LogP contribution is 2.10. The van der Waals surface area contributed by atoms with Crippen molar-refractivity contribution < 1.29 is 23.9 Å². The predicted molar refractivity (Wildman–Crippen MR) is 102 cm³/mol. The number of amides is 2. The number of nitrogens with zero attached hydrogens (tertiary/aromatic N) is 1. The molecule has 0 aliphatic heterocycles. The van der Waals surface area contributed by atoms with E-state index < -0.39 is 35.7 Å². The van der Waals surface area contributed by atoms with Gasteiger partial charge in [-0.1, -0.05) is 24.3 Å². The van der Waals surface area contributed by atoms with Gasteiger partial charge in [0.1, 0.15) is 17.9 Å². The molecule has 2 amide bonds. The molecular formula is C21H20FN3O4. The van der Waals surface area contributed by atoms with Crippen molar-refractivity contribution in [2.24, 2.45) is 0 Å². The largest absolute Gasteiger partial charge is 0.480 e. The number of hydrogen-bond acceptors (Lipinski definition) is 4. The summed E-state index contributed by atoms with van der Waals surface area (Å²) in [6, 6.07) is 11.6. The van der Waals surface area contributed by atoms with Crippen LogP contribution < -0.4 is 10.6 Å². The number of halogens is 1. The molecule has 2 atom stereocenters. The third-order valence-corrected chi connectivity index (χ3v) is 4.13. The van der Waals surface area contributed by atoms with Crippen LogP contribution in [0.15, 0.2) is 48.5 Å². The van der Waals surface area contributed by atoms with E-state index in [1.54, 1.807) is 30.3 Å². The number of aliphatic carboxylic acids is 1. The maximum absolute atomic E-state index is 13.4. The number of hydrogen-bond donors (Lipinski definition) is 3. The minimum atomic E-state index is -1.26. The molecule has 0 radical (unpaired) electrons. The van der Waals surface area contributed by atoms with Crippen molar-refractivity contribution >= 4 is 17.8 Å². The summed E-state index contributed by atoms with van der Waals surface area (Å²) >= 11 is 0. The Bertz CT molecular complexity index is 955. The molecule has 0 aliphatic carbocycles. The van der Waals surface area contributed by atoms with Crippen molar-refractivity contribution in [1.82, 2.24) is 10.6 Å². The lowest BCUT2D eigenvalue weighted by Crippen LogP contribution is -2.52. The Morgan fingerprint density at radius 2 is 1.66 bits per heavy atom. The lowest BCUT2D eigenvalue weighted by atomic mass is 10.0. The third-order valence-electron chi connectivity index (χ3n) is 4.13. The van der Waals surface area contributed by atoms with Crippen molar-refractivity contribution in [3.05, 3.63) is 71.0 Å². The molecule has 2 rings (SSSR count). The van der Waals surface area contributed by atoms with Gasteiger partial charge in [-0.15, -0.1) is 0 Å². The molecule has 3 N–H and O–H groups in total. The van der Waals surface area contributed by atoms with Gasteiger partial charge in [0, 0.05) is 19.8 Å². The van der Waals surface area contributed by atoms with Gasteiger partial charge in [-0.25, -0.2) is 9.18 Å². The first-order valence-corrected chi connectivity index (χ1v) is 8.82. The molecule has 0 spiro atoms. The highest BCUT2D eigenvalue weighted by atomic mass is 19.1. The van der Waals surface area contributed by atoms with Crippen LogP contribution in [0.25, 0.3) is 0 Å². The number of nitrogens with one attached hydrogen (secondary N) is 2. The second-order valence-electron chi connectivity index (χ2n) is 6.50. The van der Waals surface area contributed by atoms with Gasteiger partial charge in [-0.3, -0.25) is 9.59 Å². The summed E-state index contributed by atoms with van der Waals surface area (Å²) < 4.78 is 13.4. The van der Waals surface area contributed by atoms with E-state index in [0.717, 1.165) is 0 Å². The summed E-state index contributed by atoms with van der Waals surface area (Å²) in [4.78, 5) is 35.8. The summed E-state index contributed by atoms with van der Waals surface area (Å²) in [6.07, 6.45) is -0.0389. The van der Waals surface area contributed by atoms with Crippen molar-refractivity contribution in [3.8, 4) is 6.07 Å². The van der Waals surface area contributed by atoms with Crippen LogP contribution in [0.2, 0.25) is 0 Å². The van der Waals surface area contributed by atoms with Crippen LogP contribution in [0.4, 0.5) is 4.39 Å². The van der Waals surface area contributed by atoms with Crippen LogP contribution >= 0.6 is 0 Å². The molecule has 0 aromatic heterocycles. The maximum atomic E-state index is 13.4. The van der Waals surface area contributed by atoms with Gasteiger partial charge >= 0.3 is 5.97 Å². The van der Waals surface area contributed by atoms with E-state index in [1.807, 2.05) is 6.07 Å². The molecule has 150 valence electrons. The van der Waals surface area contributed by atoms with Crippen LogP contribution in [-0.2, 0) is 27.2 Å².